The summed E-state index contributed by atoms with van der Waals surface area (Å²) in [6.07, 6.45) is -0.467. The molecule has 0 saturated heterocycles. The van der Waals surface area contributed by atoms with Crippen molar-refractivity contribution in [2.45, 2.75) is 24.8 Å². The Kier molecular flexibility index (Phi) is 7.97. The fraction of sp³-hybridized carbons (Fsp3) is 0.350. The highest BCUT2D eigenvalue weighted by atomic mass is 32.2. The largest absolute Gasteiger partial charge is 0.507 e. The Balaban J connectivity index is 1.66. The SMILES string of the molecule is Cc1ccc(SCC(O)CNCCOc2ccc(O)c(C(N)=O)c2)c(C)c1. The second-order valence-electron chi connectivity index (χ2n) is 6.33. The fourth-order valence-electron chi connectivity index (χ4n) is 2.52. The number of nitrogens with two attached hydrogens (primary N) is 1. The van der Waals surface area contributed by atoms with Gasteiger partial charge in [-0.25, -0.2) is 0 Å². The Morgan fingerprint density at radius 3 is 2.74 bits per heavy atom. The third-order valence-corrected chi connectivity index (χ3v) is 5.24. The lowest BCUT2D eigenvalue weighted by atomic mass is 10.2. The zero-order valence-electron chi connectivity index (χ0n) is 15.6. The Bertz CT molecular complexity index is 783. The summed E-state index contributed by atoms with van der Waals surface area (Å²) in [6, 6.07) is 10.6. The quantitative estimate of drug-likeness (QED) is 0.366. The molecule has 0 aliphatic rings. The number of aryl methyl sites for hydroxylation is 2. The number of benzene rings is 2. The van der Waals surface area contributed by atoms with Crippen LogP contribution in [0.4, 0.5) is 0 Å². The number of phenols is 1. The average molecular weight is 391 g/mol. The third-order valence-electron chi connectivity index (χ3n) is 3.92. The molecule has 0 heterocycles. The van der Waals surface area contributed by atoms with Gasteiger partial charge >= 0.3 is 0 Å². The van der Waals surface area contributed by atoms with Crippen molar-refractivity contribution < 1.29 is 19.7 Å². The highest BCUT2D eigenvalue weighted by Gasteiger charge is 2.09. The molecule has 146 valence electrons. The van der Waals surface area contributed by atoms with Crippen LogP contribution >= 0.6 is 11.8 Å². The summed E-state index contributed by atoms with van der Waals surface area (Å²) in [5, 5.41) is 22.8. The lowest BCUT2D eigenvalue weighted by Crippen LogP contribution is -2.31. The van der Waals surface area contributed by atoms with Gasteiger partial charge in [0.1, 0.15) is 18.1 Å². The number of hydrogen-bond donors (Lipinski definition) is 4. The van der Waals surface area contributed by atoms with E-state index in [1.165, 1.54) is 28.2 Å². The topological polar surface area (TPSA) is 105 Å². The van der Waals surface area contributed by atoms with Crippen LogP contribution in [0.15, 0.2) is 41.3 Å². The van der Waals surface area contributed by atoms with Crippen LogP contribution in [0.2, 0.25) is 0 Å². The lowest BCUT2D eigenvalue weighted by molar-refractivity contribution is 0.0997. The lowest BCUT2D eigenvalue weighted by Gasteiger charge is -2.13. The Morgan fingerprint density at radius 1 is 1.26 bits per heavy atom. The van der Waals surface area contributed by atoms with Crippen molar-refractivity contribution in [3.8, 4) is 11.5 Å². The number of nitrogens with one attached hydrogen (secondary N) is 1. The molecule has 1 atom stereocenters. The van der Waals surface area contributed by atoms with E-state index in [1.807, 2.05) is 0 Å². The van der Waals surface area contributed by atoms with E-state index < -0.39 is 12.0 Å². The van der Waals surface area contributed by atoms with Gasteiger partial charge in [-0.1, -0.05) is 17.7 Å². The van der Waals surface area contributed by atoms with E-state index in [2.05, 4.69) is 37.4 Å². The molecule has 2 aromatic carbocycles. The molecule has 0 radical (unpaired) electrons. The van der Waals surface area contributed by atoms with E-state index in [1.54, 1.807) is 17.8 Å². The maximum Gasteiger partial charge on any atom is 0.252 e. The molecule has 1 unspecified atom stereocenters. The number of hydrogen-bond acceptors (Lipinski definition) is 6. The van der Waals surface area contributed by atoms with Crippen LogP contribution in [0.25, 0.3) is 0 Å². The predicted octanol–water partition coefficient (Wildman–Crippen LogP) is 2.23. The van der Waals surface area contributed by atoms with Gasteiger partial charge in [-0.3, -0.25) is 4.79 Å². The van der Waals surface area contributed by atoms with Crippen molar-refractivity contribution in [1.82, 2.24) is 5.32 Å². The Morgan fingerprint density at radius 2 is 2.04 bits per heavy atom. The number of carbonyl (C=O) groups excluding carboxylic acids is 1. The summed E-state index contributed by atoms with van der Waals surface area (Å²) < 4.78 is 5.52. The second-order valence-corrected chi connectivity index (χ2v) is 7.39. The van der Waals surface area contributed by atoms with Crippen LogP contribution < -0.4 is 15.8 Å². The Hall–Kier alpha value is -2.22. The number of primary amides is 1. The number of aliphatic hydroxyl groups excluding tert-OH is 1. The van der Waals surface area contributed by atoms with Gasteiger partial charge in [0.25, 0.3) is 5.91 Å². The third kappa shape index (κ3) is 6.78. The van der Waals surface area contributed by atoms with Gasteiger partial charge in [0, 0.05) is 23.7 Å². The van der Waals surface area contributed by atoms with E-state index >= 15 is 0 Å². The van der Waals surface area contributed by atoms with Gasteiger partial charge in [-0.05, 0) is 43.7 Å². The van der Waals surface area contributed by atoms with Gasteiger partial charge in [0.2, 0.25) is 0 Å². The first kappa shape index (κ1) is 21.1. The summed E-state index contributed by atoms with van der Waals surface area (Å²) >= 11 is 1.64. The van der Waals surface area contributed by atoms with Gasteiger partial charge in [-0.15, -0.1) is 11.8 Å². The molecule has 0 fully saturated rings. The maximum atomic E-state index is 11.2. The maximum absolute atomic E-state index is 11.2. The van der Waals surface area contributed by atoms with E-state index in [9.17, 15) is 15.0 Å². The number of rotatable bonds is 10. The number of carbonyl (C=O) groups is 1. The fourth-order valence-corrected chi connectivity index (χ4v) is 3.46. The minimum Gasteiger partial charge on any atom is -0.507 e. The highest BCUT2D eigenvalue weighted by molar-refractivity contribution is 7.99. The molecule has 1 amide bonds. The van der Waals surface area contributed by atoms with Crippen LogP contribution in [0, 0.1) is 13.8 Å². The number of ether oxygens (including phenoxy) is 1. The second kappa shape index (κ2) is 10.2. The number of amides is 1. The van der Waals surface area contributed by atoms with E-state index in [-0.39, 0.29) is 11.3 Å². The molecule has 0 saturated carbocycles. The van der Waals surface area contributed by atoms with E-state index in [0.29, 0.717) is 31.2 Å². The summed E-state index contributed by atoms with van der Waals surface area (Å²) in [5.74, 6) is 0.185. The van der Waals surface area contributed by atoms with Crippen LogP contribution in [0.3, 0.4) is 0 Å². The Labute approximate surface area is 163 Å². The summed E-state index contributed by atoms with van der Waals surface area (Å²) in [4.78, 5) is 12.4. The monoisotopic (exact) mass is 390 g/mol. The highest BCUT2D eigenvalue weighted by Crippen LogP contribution is 2.24. The molecule has 5 N–H and O–H groups in total. The molecule has 7 heteroatoms. The summed E-state index contributed by atoms with van der Waals surface area (Å²) in [7, 11) is 0. The standard InChI is InChI=1S/C20H26N2O4S/c1-13-3-6-19(14(2)9-13)27-12-15(23)11-22-7-8-26-16-4-5-18(24)17(10-16)20(21)25/h3-6,9-10,15,22-24H,7-8,11-12H2,1-2H3,(H2,21,25). The summed E-state index contributed by atoms with van der Waals surface area (Å²) in [5.41, 5.74) is 7.66. The van der Waals surface area contributed by atoms with Crippen molar-refractivity contribution in [3.05, 3.63) is 53.1 Å². The molecule has 0 spiro atoms. The zero-order valence-corrected chi connectivity index (χ0v) is 16.4. The van der Waals surface area contributed by atoms with Crippen molar-refractivity contribution in [2.75, 3.05) is 25.4 Å². The molecule has 0 bridgehead atoms. The molecule has 2 aromatic rings. The smallest absolute Gasteiger partial charge is 0.252 e. The van der Waals surface area contributed by atoms with E-state index in [4.69, 9.17) is 10.5 Å². The van der Waals surface area contributed by atoms with Gasteiger partial charge in [0.05, 0.1) is 11.7 Å². The number of thioether (sulfide) groups is 1. The van der Waals surface area contributed by atoms with Gasteiger partial charge in [-0.2, -0.15) is 0 Å². The number of aliphatic hydroxyl groups is 1. The minimum atomic E-state index is -0.708. The van der Waals surface area contributed by atoms with Crippen molar-refractivity contribution in [3.63, 3.8) is 0 Å². The molecule has 2 rings (SSSR count). The zero-order chi connectivity index (χ0) is 19.8. The van der Waals surface area contributed by atoms with Crippen LogP contribution in [-0.2, 0) is 0 Å². The van der Waals surface area contributed by atoms with Crippen LogP contribution in [0.1, 0.15) is 21.5 Å². The minimum absolute atomic E-state index is 0.0271. The molecule has 0 aliphatic carbocycles. The summed E-state index contributed by atoms with van der Waals surface area (Å²) in [6.45, 7) is 5.50. The van der Waals surface area contributed by atoms with Crippen molar-refractivity contribution in [2.24, 2.45) is 5.73 Å². The first-order valence-corrected chi connectivity index (χ1v) is 9.70. The molecule has 0 aromatic heterocycles. The molecule has 0 aliphatic heterocycles. The van der Waals surface area contributed by atoms with E-state index in [0.717, 1.165) is 0 Å². The normalized spacial score (nSPS) is 12.0. The first-order chi connectivity index (χ1) is 12.9. The predicted molar refractivity (Wildman–Crippen MR) is 108 cm³/mol. The molecule has 27 heavy (non-hydrogen) atoms. The van der Waals surface area contributed by atoms with Crippen LogP contribution in [-0.4, -0.2) is 47.7 Å². The first-order valence-electron chi connectivity index (χ1n) is 8.71. The van der Waals surface area contributed by atoms with Gasteiger partial charge < -0.3 is 26.0 Å². The number of aromatic hydroxyl groups is 1. The average Bonchev–Trinajstić information content (AvgIpc) is 2.61. The van der Waals surface area contributed by atoms with Crippen molar-refractivity contribution >= 4 is 17.7 Å². The van der Waals surface area contributed by atoms with Crippen LogP contribution in [0.5, 0.6) is 11.5 Å². The molecule has 6 nitrogen and oxygen atoms in total. The molecular weight excluding hydrogens is 364 g/mol. The molecular formula is C20H26N2O4S. The van der Waals surface area contributed by atoms with Gasteiger partial charge in [0.15, 0.2) is 0 Å². The van der Waals surface area contributed by atoms with Crippen molar-refractivity contribution in [1.29, 1.82) is 0 Å².